The first kappa shape index (κ1) is 34.9. The third-order valence-electron chi connectivity index (χ3n) is 10.0. The molecule has 1 amide bonds. The molecule has 4 rings (SSSR count). The lowest BCUT2D eigenvalue weighted by Gasteiger charge is -2.49. The molecule has 0 spiro atoms. The van der Waals surface area contributed by atoms with Crippen molar-refractivity contribution in [3.05, 3.63) is 66.0 Å². The Morgan fingerprint density at radius 1 is 1.13 bits per heavy atom. The first-order chi connectivity index (χ1) is 21.5. The summed E-state index contributed by atoms with van der Waals surface area (Å²) in [4.78, 5) is 32.9. The van der Waals surface area contributed by atoms with Crippen LogP contribution in [0.4, 0.5) is 4.79 Å². The van der Waals surface area contributed by atoms with Gasteiger partial charge in [-0.15, -0.1) is 0 Å². The summed E-state index contributed by atoms with van der Waals surface area (Å²) >= 11 is 0. The smallest absolute Gasteiger partial charge is 0.407 e. The first-order valence-electron chi connectivity index (χ1n) is 16.7. The van der Waals surface area contributed by atoms with Crippen LogP contribution in [0.2, 0.25) is 0 Å². The molecule has 45 heavy (non-hydrogen) atoms. The molecule has 3 aliphatic rings. The van der Waals surface area contributed by atoms with E-state index in [9.17, 15) is 24.9 Å². The van der Waals surface area contributed by atoms with Crippen LogP contribution in [0.1, 0.15) is 90.7 Å². The van der Waals surface area contributed by atoms with Crippen LogP contribution in [-0.2, 0) is 9.53 Å². The highest BCUT2D eigenvalue weighted by atomic mass is 16.5. The number of hydrogen-bond donors (Lipinski definition) is 3. The van der Waals surface area contributed by atoms with Crippen molar-refractivity contribution in [1.82, 2.24) is 14.8 Å². The molecule has 2 saturated heterocycles. The van der Waals surface area contributed by atoms with Crippen molar-refractivity contribution >= 4 is 12.1 Å². The van der Waals surface area contributed by atoms with Crippen LogP contribution in [0.25, 0.3) is 0 Å². The van der Waals surface area contributed by atoms with Crippen molar-refractivity contribution in [3.63, 3.8) is 0 Å². The predicted octanol–water partition coefficient (Wildman–Crippen LogP) is 5.70. The molecule has 4 heterocycles. The number of carbonyl (C=O) groups is 2. The molecular formula is C36H53N3O6. The van der Waals surface area contributed by atoms with Crippen LogP contribution in [0, 0.1) is 11.8 Å². The van der Waals surface area contributed by atoms with E-state index in [0.717, 1.165) is 49.9 Å². The monoisotopic (exact) mass is 623 g/mol. The number of esters is 1. The van der Waals surface area contributed by atoms with Crippen LogP contribution in [0.15, 0.2) is 60.3 Å². The van der Waals surface area contributed by atoms with Gasteiger partial charge >= 0.3 is 12.1 Å². The van der Waals surface area contributed by atoms with Crippen LogP contribution in [0.3, 0.4) is 0 Å². The summed E-state index contributed by atoms with van der Waals surface area (Å²) in [5.41, 5.74) is 0.765. The Balaban J connectivity index is 1.59. The summed E-state index contributed by atoms with van der Waals surface area (Å²) in [7, 11) is 0. The average molecular weight is 624 g/mol. The molecule has 3 aliphatic heterocycles. The molecule has 3 N–H and O–H groups in total. The molecule has 9 heteroatoms. The number of carbonyl (C=O) groups excluding carboxylic acids is 1. The molecule has 0 aromatic carbocycles. The molecule has 0 radical (unpaired) electrons. The number of carboxylic acid groups (broad SMARTS) is 1. The Morgan fingerprint density at radius 3 is 2.58 bits per heavy atom. The van der Waals surface area contributed by atoms with Gasteiger partial charge in [0, 0.05) is 54.8 Å². The summed E-state index contributed by atoms with van der Waals surface area (Å²) in [5, 5.41) is 32.2. The van der Waals surface area contributed by atoms with E-state index in [2.05, 4.69) is 35.0 Å². The van der Waals surface area contributed by atoms with Gasteiger partial charge in [-0.25, -0.2) is 4.79 Å². The third-order valence-corrected chi connectivity index (χ3v) is 10.0. The molecule has 0 bridgehead atoms. The fourth-order valence-electron chi connectivity index (χ4n) is 7.29. The van der Waals surface area contributed by atoms with E-state index < -0.39 is 29.9 Å². The summed E-state index contributed by atoms with van der Waals surface area (Å²) in [6.45, 7) is 9.90. The highest BCUT2D eigenvalue weighted by Crippen LogP contribution is 2.38. The highest BCUT2D eigenvalue weighted by molar-refractivity contribution is 5.70. The zero-order chi connectivity index (χ0) is 32.6. The van der Waals surface area contributed by atoms with Gasteiger partial charge in [0.2, 0.25) is 0 Å². The maximum Gasteiger partial charge on any atom is 0.407 e. The largest absolute Gasteiger partial charge is 0.465 e. The standard InChI is InChI=1S/C36H53N3O6/c1-25(31-12-5-7-20-37-31)10-9-11-26(2)34-27(3)14-15-30(36(4,44)19-16-29(40)24-33(41)45-34)32-13-6-8-21-39(32)28-17-22-38(23-18-28)35(42)43/h5,7,9-12,14-15,20,25,27-30,32,34,40,44H,6,8,13,16-19,21-24H2,1-4H3,(H,42,43)/b10-9+,15-14+,26-11+/t25-,27+,29-,30+,32+,34?,36-/m1/s1. The molecular weight excluding hydrogens is 570 g/mol. The Morgan fingerprint density at radius 2 is 1.89 bits per heavy atom. The second-order valence-corrected chi connectivity index (χ2v) is 13.6. The lowest BCUT2D eigenvalue weighted by atomic mass is 9.74. The van der Waals surface area contributed by atoms with Gasteiger partial charge in [0.15, 0.2) is 0 Å². The minimum absolute atomic E-state index is 0.0901. The lowest BCUT2D eigenvalue weighted by molar-refractivity contribution is -0.151. The Labute approximate surface area is 268 Å². The van der Waals surface area contributed by atoms with Crippen molar-refractivity contribution in [2.45, 2.75) is 115 Å². The van der Waals surface area contributed by atoms with E-state index in [0.29, 0.717) is 25.9 Å². The van der Waals surface area contributed by atoms with Crippen molar-refractivity contribution in [2.75, 3.05) is 19.6 Å². The van der Waals surface area contributed by atoms with Gasteiger partial charge in [0.25, 0.3) is 0 Å². The maximum absolute atomic E-state index is 12.9. The molecule has 1 aromatic rings. The number of aliphatic hydroxyl groups excluding tert-OH is 1. The summed E-state index contributed by atoms with van der Waals surface area (Å²) in [6.07, 6.45) is 14.9. The van der Waals surface area contributed by atoms with Gasteiger partial charge in [-0.05, 0) is 76.6 Å². The van der Waals surface area contributed by atoms with E-state index in [-0.39, 0.29) is 36.3 Å². The lowest BCUT2D eigenvalue weighted by Crippen LogP contribution is -2.57. The summed E-state index contributed by atoms with van der Waals surface area (Å²) in [6, 6.07) is 6.22. The maximum atomic E-state index is 12.9. The van der Waals surface area contributed by atoms with E-state index in [1.165, 1.54) is 4.90 Å². The number of likely N-dealkylation sites (tertiary alicyclic amines) is 2. The fourth-order valence-corrected chi connectivity index (χ4v) is 7.29. The fraction of sp³-hybridized carbons (Fsp3) is 0.639. The molecule has 0 saturated carbocycles. The number of aliphatic hydroxyl groups is 2. The van der Waals surface area contributed by atoms with Gasteiger partial charge in [-0.3, -0.25) is 14.7 Å². The van der Waals surface area contributed by atoms with E-state index in [1.54, 1.807) is 6.20 Å². The number of nitrogens with zero attached hydrogens (tertiary/aromatic N) is 3. The minimum Gasteiger partial charge on any atom is -0.465 e. The Kier molecular flexibility index (Phi) is 12.4. The summed E-state index contributed by atoms with van der Waals surface area (Å²) < 4.78 is 6.00. The van der Waals surface area contributed by atoms with Crippen LogP contribution < -0.4 is 0 Å². The normalized spacial score (nSPS) is 33.2. The van der Waals surface area contributed by atoms with E-state index in [1.807, 2.05) is 51.1 Å². The predicted molar refractivity (Wildman–Crippen MR) is 175 cm³/mol. The number of allylic oxidation sites excluding steroid dienone is 3. The molecule has 2 fully saturated rings. The molecule has 7 atom stereocenters. The van der Waals surface area contributed by atoms with Crippen LogP contribution >= 0.6 is 0 Å². The van der Waals surface area contributed by atoms with Crippen LogP contribution in [-0.4, -0.2) is 91.7 Å². The Bertz CT molecular complexity index is 1210. The second kappa shape index (κ2) is 16.0. The molecule has 1 unspecified atom stereocenters. The van der Waals surface area contributed by atoms with E-state index in [4.69, 9.17) is 4.74 Å². The molecule has 248 valence electrons. The molecule has 0 aliphatic carbocycles. The number of hydrogen-bond acceptors (Lipinski definition) is 7. The molecule has 9 nitrogen and oxygen atoms in total. The zero-order valence-electron chi connectivity index (χ0n) is 27.4. The third kappa shape index (κ3) is 9.50. The van der Waals surface area contributed by atoms with Crippen molar-refractivity contribution < 1.29 is 29.6 Å². The number of pyridine rings is 1. The number of amides is 1. The Hall–Kier alpha value is -3.01. The van der Waals surface area contributed by atoms with Crippen molar-refractivity contribution in [2.24, 2.45) is 11.8 Å². The van der Waals surface area contributed by atoms with Gasteiger partial charge < -0.3 is 25.0 Å². The quantitative estimate of drug-likeness (QED) is 0.210. The van der Waals surface area contributed by atoms with Gasteiger partial charge in [-0.1, -0.05) is 56.7 Å². The highest BCUT2D eigenvalue weighted by Gasteiger charge is 2.43. The van der Waals surface area contributed by atoms with Gasteiger partial charge in [0.1, 0.15) is 6.10 Å². The number of rotatable bonds is 6. The first-order valence-corrected chi connectivity index (χ1v) is 16.7. The molecule has 1 aromatic heterocycles. The number of piperidine rings is 2. The minimum atomic E-state index is -1.10. The second-order valence-electron chi connectivity index (χ2n) is 13.6. The average Bonchev–Trinajstić information content (AvgIpc) is 3.02. The van der Waals surface area contributed by atoms with Gasteiger partial charge in [0.05, 0.1) is 18.1 Å². The van der Waals surface area contributed by atoms with Crippen molar-refractivity contribution in [1.29, 1.82) is 0 Å². The number of cyclic esters (lactones) is 1. The SMILES string of the molecule is C/C(=C\C=C\[C@@H](C)c1ccccn1)C1OC(=O)C[C@H](O)CC[C@@](C)(O)[C@H]([C@@H]2CCCCN2C2CCN(C(=O)O)CC2)/C=C/[C@@H]1C. The zero-order valence-corrected chi connectivity index (χ0v) is 27.4. The summed E-state index contributed by atoms with van der Waals surface area (Å²) in [5.74, 6) is -0.699. The number of aromatic nitrogens is 1. The number of ether oxygens (including phenoxy) is 1. The van der Waals surface area contributed by atoms with Gasteiger partial charge in [-0.2, -0.15) is 0 Å². The topological polar surface area (TPSA) is 123 Å². The van der Waals surface area contributed by atoms with E-state index >= 15 is 0 Å². The van der Waals surface area contributed by atoms with Crippen LogP contribution in [0.5, 0.6) is 0 Å². The van der Waals surface area contributed by atoms with Crippen molar-refractivity contribution in [3.8, 4) is 0 Å².